The molecule has 0 fully saturated rings. The van der Waals surface area contributed by atoms with Gasteiger partial charge in [0, 0.05) is 10.7 Å². The third-order valence-electron chi connectivity index (χ3n) is 3.18. The largest absolute Gasteiger partial charge is 0.347 e. The Hall–Kier alpha value is -2.40. The number of carbonyl (C=O) groups excluding carboxylic acids is 2. The van der Waals surface area contributed by atoms with Gasteiger partial charge in [0.2, 0.25) is 11.8 Å². The van der Waals surface area contributed by atoms with E-state index in [0.29, 0.717) is 16.3 Å². The van der Waals surface area contributed by atoms with Crippen LogP contribution in [0, 0.1) is 12.7 Å². The molecule has 0 saturated carbocycles. The fraction of sp³-hybridized carbons (Fsp3) is 0.176. The van der Waals surface area contributed by atoms with Gasteiger partial charge in [0.15, 0.2) is 0 Å². The first-order valence-corrected chi connectivity index (χ1v) is 7.39. The number of rotatable bonds is 5. The number of benzene rings is 2. The third kappa shape index (κ3) is 5.38. The summed E-state index contributed by atoms with van der Waals surface area (Å²) in [6.45, 7) is 1.72. The predicted molar refractivity (Wildman–Crippen MR) is 87.9 cm³/mol. The van der Waals surface area contributed by atoms with Gasteiger partial charge in [-0.05, 0) is 42.3 Å². The number of carbonyl (C=O) groups is 2. The number of amides is 2. The van der Waals surface area contributed by atoms with Gasteiger partial charge in [0.05, 0.1) is 13.0 Å². The van der Waals surface area contributed by atoms with Crippen molar-refractivity contribution in [3.05, 3.63) is 64.4 Å². The van der Waals surface area contributed by atoms with E-state index in [-0.39, 0.29) is 30.6 Å². The summed E-state index contributed by atoms with van der Waals surface area (Å²) in [6.07, 6.45) is 0.0872. The van der Waals surface area contributed by atoms with Crippen LogP contribution in [0.25, 0.3) is 0 Å². The standard InChI is InChI=1S/C17H16ClFN2O2/c1-11-2-7-14(9-15(11)18)21-17(23)10-20-16(22)8-12-3-5-13(19)6-4-12/h2-7,9H,8,10H2,1H3,(H,20,22)(H,21,23). The van der Waals surface area contributed by atoms with Gasteiger partial charge in [-0.15, -0.1) is 0 Å². The SMILES string of the molecule is Cc1ccc(NC(=O)CNC(=O)Cc2ccc(F)cc2)cc1Cl. The van der Waals surface area contributed by atoms with Crippen LogP contribution >= 0.6 is 11.6 Å². The number of hydrogen-bond donors (Lipinski definition) is 2. The molecule has 0 unspecified atom stereocenters. The van der Waals surface area contributed by atoms with Crippen molar-refractivity contribution in [3.63, 3.8) is 0 Å². The Morgan fingerprint density at radius 3 is 2.43 bits per heavy atom. The molecule has 2 amide bonds. The number of anilines is 1. The molecular formula is C17H16ClFN2O2. The number of halogens is 2. The second kappa shape index (κ2) is 7.74. The molecule has 2 aromatic carbocycles. The molecule has 2 N–H and O–H groups in total. The van der Waals surface area contributed by atoms with E-state index in [9.17, 15) is 14.0 Å². The van der Waals surface area contributed by atoms with E-state index >= 15 is 0 Å². The van der Waals surface area contributed by atoms with Crippen molar-refractivity contribution in [2.75, 3.05) is 11.9 Å². The highest BCUT2D eigenvalue weighted by atomic mass is 35.5. The minimum atomic E-state index is -0.356. The molecule has 2 aromatic rings. The van der Waals surface area contributed by atoms with Crippen molar-refractivity contribution in [2.24, 2.45) is 0 Å². The zero-order valence-corrected chi connectivity index (χ0v) is 13.3. The van der Waals surface area contributed by atoms with Gasteiger partial charge in [-0.2, -0.15) is 0 Å². The summed E-state index contributed by atoms with van der Waals surface area (Å²) >= 11 is 5.98. The molecule has 0 aliphatic carbocycles. The van der Waals surface area contributed by atoms with Crippen LogP contribution in [0.15, 0.2) is 42.5 Å². The van der Waals surface area contributed by atoms with Crippen molar-refractivity contribution in [1.29, 1.82) is 0 Å². The molecule has 6 heteroatoms. The Labute approximate surface area is 138 Å². The predicted octanol–water partition coefficient (Wildman–Crippen LogP) is 3.08. The molecule has 0 aromatic heterocycles. The number of nitrogens with one attached hydrogen (secondary N) is 2. The molecule has 0 aliphatic rings. The Bertz CT molecular complexity index is 717. The van der Waals surface area contributed by atoms with Crippen LogP contribution < -0.4 is 10.6 Å². The van der Waals surface area contributed by atoms with E-state index in [0.717, 1.165) is 5.56 Å². The monoisotopic (exact) mass is 334 g/mol. The fourth-order valence-electron chi connectivity index (χ4n) is 1.90. The Morgan fingerprint density at radius 1 is 1.09 bits per heavy atom. The van der Waals surface area contributed by atoms with Crippen LogP contribution in [0.3, 0.4) is 0 Å². The summed E-state index contributed by atoms with van der Waals surface area (Å²) in [7, 11) is 0. The van der Waals surface area contributed by atoms with Gasteiger partial charge in [-0.1, -0.05) is 29.8 Å². The van der Waals surface area contributed by atoms with E-state index in [1.54, 1.807) is 18.2 Å². The summed E-state index contributed by atoms with van der Waals surface area (Å²) in [5.74, 6) is -1.02. The van der Waals surface area contributed by atoms with E-state index in [1.807, 2.05) is 6.92 Å². The highest BCUT2D eigenvalue weighted by Crippen LogP contribution is 2.19. The molecule has 0 bridgehead atoms. The second-order valence-electron chi connectivity index (χ2n) is 5.09. The highest BCUT2D eigenvalue weighted by molar-refractivity contribution is 6.31. The molecule has 0 spiro atoms. The molecule has 0 atom stereocenters. The molecule has 120 valence electrons. The Balaban J connectivity index is 1.80. The maximum atomic E-state index is 12.8. The lowest BCUT2D eigenvalue weighted by atomic mass is 10.1. The molecule has 0 aliphatic heterocycles. The lowest BCUT2D eigenvalue weighted by molar-refractivity contribution is -0.123. The Kier molecular flexibility index (Phi) is 5.71. The van der Waals surface area contributed by atoms with Crippen molar-refractivity contribution < 1.29 is 14.0 Å². The van der Waals surface area contributed by atoms with E-state index in [2.05, 4.69) is 10.6 Å². The highest BCUT2D eigenvalue weighted by Gasteiger charge is 2.08. The second-order valence-corrected chi connectivity index (χ2v) is 5.50. The molecular weight excluding hydrogens is 319 g/mol. The normalized spacial score (nSPS) is 10.2. The summed E-state index contributed by atoms with van der Waals surface area (Å²) in [4.78, 5) is 23.5. The van der Waals surface area contributed by atoms with Gasteiger partial charge < -0.3 is 10.6 Å². The quantitative estimate of drug-likeness (QED) is 0.882. The zero-order chi connectivity index (χ0) is 16.8. The van der Waals surface area contributed by atoms with E-state index in [4.69, 9.17) is 11.6 Å². The minimum Gasteiger partial charge on any atom is -0.347 e. The topological polar surface area (TPSA) is 58.2 Å². The van der Waals surface area contributed by atoms with E-state index < -0.39 is 0 Å². The van der Waals surface area contributed by atoms with Crippen molar-refractivity contribution in [2.45, 2.75) is 13.3 Å². The molecule has 2 rings (SSSR count). The van der Waals surface area contributed by atoms with Gasteiger partial charge in [0.25, 0.3) is 0 Å². The van der Waals surface area contributed by atoms with Crippen LogP contribution in [0.2, 0.25) is 5.02 Å². The van der Waals surface area contributed by atoms with Crippen molar-refractivity contribution in [1.82, 2.24) is 5.32 Å². The van der Waals surface area contributed by atoms with Gasteiger partial charge in [-0.25, -0.2) is 4.39 Å². The lowest BCUT2D eigenvalue weighted by Gasteiger charge is -2.08. The van der Waals surface area contributed by atoms with Gasteiger partial charge >= 0.3 is 0 Å². The number of aryl methyl sites for hydroxylation is 1. The summed E-state index contributed by atoms with van der Waals surface area (Å²) in [5.41, 5.74) is 2.16. The summed E-state index contributed by atoms with van der Waals surface area (Å²) in [5, 5.41) is 5.72. The van der Waals surface area contributed by atoms with Crippen LogP contribution in [-0.2, 0) is 16.0 Å². The maximum absolute atomic E-state index is 12.8. The molecule has 4 nitrogen and oxygen atoms in total. The van der Waals surface area contributed by atoms with Crippen LogP contribution in [-0.4, -0.2) is 18.4 Å². The van der Waals surface area contributed by atoms with Crippen LogP contribution in [0.4, 0.5) is 10.1 Å². The lowest BCUT2D eigenvalue weighted by Crippen LogP contribution is -2.33. The van der Waals surface area contributed by atoms with Crippen molar-refractivity contribution in [3.8, 4) is 0 Å². The van der Waals surface area contributed by atoms with Gasteiger partial charge in [0.1, 0.15) is 5.82 Å². The smallest absolute Gasteiger partial charge is 0.243 e. The number of hydrogen-bond acceptors (Lipinski definition) is 2. The summed E-state index contributed by atoms with van der Waals surface area (Å²) < 4.78 is 12.8. The van der Waals surface area contributed by atoms with Crippen LogP contribution in [0.1, 0.15) is 11.1 Å². The zero-order valence-electron chi connectivity index (χ0n) is 12.5. The fourth-order valence-corrected chi connectivity index (χ4v) is 2.09. The average Bonchev–Trinajstić information content (AvgIpc) is 2.51. The molecule has 0 radical (unpaired) electrons. The first kappa shape index (κ1) is 17.0. The molecule has 0 heterocycles. The third-order valence-corrected chi connectivity index (χ3v) is 3.59. The first-order chi connectivity index (χ1) is 10.9. The van der Waals surface area contributed by atoms with Crippen molar-refractivity contribution >= 4 is 29.1 Å². The minimum absolute atomic E-state index is 0.0872. The average molecular weight is 335 g/mol. The van der Waals surface area contributed by atoms with Gasteiger partial charge in [-0.3, -0.25) is 9.59 Å². The Morgan fingerprint density at radius 2 is 1.78 bits per heavy atom. The molecule has 0 saturated heterocycles. The first-order valence-electron chi connectivity index (χ1n) is 7.01. The van der Waals surface area contributed by atoms with E-state index in [1.165, 1.54) is 24.3 Å². The molecule has 23 heavy (non-hydrogen) atoms. The summed E-state index contributed by atoms with van der Waals surface area (Å²) in [6, 6.07) is 10.8. The maximum Gasteiger partial charge on any atom is 0.243 e. The van der Waals surface area contributed by atoms with Crippen LogP contribution in [0.5, 0.6) is 0 Å².